The van der Waals surface area contributed by atoms with E-state index in [-0.39, 0.29) is 35.5 Å². The first-order chi connectivity index (χ1) is 3.27. The summed E-state index contributed by atoms with van der Waals surface area (Å²) in [5.74, 6) is -0.273. The summed E-state index contributed by atoms with van der Waals surface area (Å²) in [7, 11) is 0. The second-order valence-corrected chi connectivity index (χ2v) is 1.13. The Labute approximate surface area is 70.9 Å². The third-order valence-corrected chi connectivity index (χ3v) is 0.423. The van der Waals surface area contributed by atoms with Gasteiger partial charge in [0.2, 0.25) is 0 Å². The van der Waals surface area contributed by atoms with E-state index in [1.807, 2.05) is 0 Å². The van der Waals surface area contributed by atoms with Crippen molar-refractivity contribution >= 4 is 35.5 Å². The predicted molar refractivity (Wildman–Crippen MR) is 31.4 cm³/mol. The van der Waals surface area contributed by atoms with Crippen LogP contribution in [-0.2, 0) is 9.53 Å². The molecule has 0 fully saturated rings. The second-order valence-electron chi connectivity index (χ2n) is 1.13. The first kappa shape index (κ1) is 11.3. The molecule has 0 amide bonds. The van der Waals surface area contributed by atoms with E-state index in [1.165, 1.54) is 6.92 Å². The van der Waals surface area contributed by atoms with Crippen molar-refractivity contribution in [2.75, 3.05) is 13.2 Å². The molecule has 0 aliphatic rings. The Morgan fingerprint density at radius 2 is 2.25 bits per heavy atom. The zero-order chi connectivity index (χ0) is 5.70. The summed E-state index contributed by atoms with van der Waals surface area (Å²) in [4.78, 5) is 9.92. The van der Waals surface area contributed by atoms with Crippen molar-refractivity contribution in [3.05, 3.63) is 0 Å². The smallest absolute Gasteiger partial charge is 0.302 e. The van der Waals surface area contributed by atoms with E-state index in [0.29, 0.717) is 13.2 Å². The van der Waals surface area contributed by atoms with Gasteiger partial charge in [0.05, 0.1) is 0 Å². The average Bonchev–Trinajstić information content (AvgIpc) is 1.61. The molecule has 0 aliphatic carbocycles. The van der Waals surface area contributed by atoms with Crippen molar-refractivity contribution in [3.63, 3.8) is 0 Å². The molecule has 3 nitrogen and oxygen atoms in total. The van der Waals surface area contributed by atoms with Crippen molar-refractivity contribution in [3.8, 4) is 0 Å². The molecule has 0 unspecified atom stereocenters. The van der Waals surface area contributed by atoms with E-state index < -0.39 is 0 Å². The fourth-order valence-electron chi connectivity index (χ4n) is 0.203. The van der Waals surface area contributed by atoms with Gasteiger partial charge in [0.1, 0.15) is 6.61 Å². The third kappa shape index (κ3) is 9.66. The standard InChI is InChI=1S/C4H9NO2.Na/c1-4(6)7-3-2-5;/h2-3,5H2,1H3;. The summed E-state index contributed by atoms with van der Waals surface area (Å²) in [6.07, 6.45) is 0. The molecule has 43 valence electrons. The van der Waals surface area contributed by atoms with Crippen molar-refractivity contribution < 1.29 is 9.53 Å². The van der Waals surface area contributed by atoms with Crippen LogP contribution in [0.1, 0.15) is 6.92 Å². The number of carbonyl (C=O) groups excluding carboxylic acids is 1. The van der Waals surface area contributed by atoms with Gasteiger partial charge in [-0.1, -0.05) is 0 Å². The Hall–Kier alpha value is 0.430. The third-order valence-electron chi connectivity index (χ3n) is 0.423. The monoisotopic (exact) mass is 126 g/mol. The molecule has 4 heteroatoms. The van der Waals surface area contributed by atoms with Gasteiger partial charge >= 0.3 is 5.97 Å². The summed E-state index contributed by atoms with van der Waals surface area (Å²) in [5, 5.41) is 0. The summed E-state index contributed by atoms with van der Waals surface area (Å²) >= 11 is 0. The van der Waals surface area contributed by atoms with Crippen molar-refractivity contribution in [2.45, 2.75) is 6.92 Å². The second kappa shape index (κ2) is 7.43. The van der Waals surface area contributed by atoms with Gasteiger partial charge in [0, 0.05) is 43.0 Å². The fourth-order valence-corrected chi connectivity index (χ4v) is 0.203. The zero-order valence-corrected chi connectivity index (χ0v) is 7.31. The number of hydrogen-bond acceptors (Lipinski definition) is 3. The summed E-state index contributed by atoms with van der Waals surface area (Å²) in [6.45, 7) is 2.09. The molecular weight excluding hydrogens is 117 g/mol. The van der Waals surface area contributed by atoms with E-state index in [2.05, 4.69) is 4.74 Å². The molecule has 0 rings (SSSR count). The molecule has 0 aliphatic heterocycles. The topological polar surface area (TPSA) is 52.3 Å². The Kier molecular flexibility index (Phi) is 10.5. The number of rotatable bonds is 2. The molecule has 0 spiro atoms. The molecule has 0 aromatic heterocycles. The molecule has 8 heavy (non-hydrogen) atoms. The minimum absolute atomic E-state index is 0. The van der Waals surface area contributed by atoms with Gasteiger partial charge in [-0.2, -0.15) is 0 Å². The Balaban J connectivity index is 0. The Bertz CT molecular complexity index is 67.1. The molecule has 0 aromatic carbocycles. The molecular formula is C4H9NNaO2. The van der Waals surface area contributed by atoms with E-state index in [4.69, 9.17) is 5.73 Å². The van der Waals surface area contributed by atoms with Crippen LogP contribution in [0.25, 0.3) is 0 Å². The maximum Gasteiger partial charge on any atom is 0.302 e. The maximum absolute atomic E-state index is 9.92. The average molecular weight is 126 g/mol. The summed E-state index contributed by atoms with van der Waals surface area (Å²) in [6, 6.07) is 0. The van der Waals surface area contributed by atoms with Crippen LogP contribution in [0.5, 0.6) is 0 Å². The van der Waals surface area contributed by atoms with Crippen LogP contribution in [0, 0.1) is 0 Å². The minimum Gasteiger partial charge on any atom is -0.465 e. The van der Waals surface area contributed by atoms with E-state index in [0.717, 1.165) is 0 Å². The van der Waals surface area contributed by atoms with Crippen LogP contribution in [0.4, 0.5) is 0 Å². The van der Waals surface area contributed by atoms with Gasteiger partial charge in [0.25, 0.3) is 0 Å². The number of carbonyl (C=O) groups is 1. The molecule has 0 atom stereocenters. The summed E-state index contributed by atoms with van der Waals surface area (Å²) < 4.78 is 4.43. The van der Waals surface area contributed by atoms with Crippen molar-refractivity contribution in [1.29, 1.82) is 0 Å². The van der Waals surface area contributed by atoms with Gasteiger partial charge in [-0.25, -0.2) is 0 Å². The number of esters is 1. The van der Waals surface area contributed by atoms with Crippen LogP contribution in [0.15, 0.2) is 0 Å². The quantitative estimate of drug-likeness (QED) is 0.386. The predicted octanol–water partition coefficient (Wildman–Crippen LogP) is -0.873. The molecule has 1 radical (unpaired) electrons. The minimum atomic E-state index is -0.273. The zero-order valence-electron chi connectivity index (χ0n) is 5.31. The van der Waals surface area contributed by atoms with Crippen LogP contribution in [0.3, 0.4) is 0 Å². The van der Waals surface area contributed by atoms with Gasteiger partial charge in [0.15, 0.2) is 0 Å². The van der Waals surface area contributed by atoms with Gasteiger partial charge in [-0.3, -0.25) is 4.79 Å². The SMILES string of the molecule is CC(=O)OCCN.[Na]. The van der Waals surface area contributed by atoms with Crippen molar-refractivity contribution in [1.82, 2.24) is 0 Å². The van der Waals surface area contributed by atoms with Crippen LogP contribution < -0.4 is 5.73 Å². The summed E-state index contributed by atoms with van der Waals surface area (Å²) in [5.41, 5.74) is 5.00. The Morgan fingerprint density at radius 1 is 1.75 bits per heavy atom. The molecule has 0 heterocycles. The van der Waals surface area contributed by atoms with Gasteiger partial charge in [-0.15, -0.1) is 0 Å². The number of hydrogen-bond donors (Lipinski definition) is 1. The van der Waals surface area contributed by atoms with Gasteiger partial charge < -0.3 is 10.5 Å². The van der Waals surface area contributed by atoms with E-state index in [9.17, 15) is 4.79 Å². The first-order valence-corrected chi connectivity index (χ1v) is 2.11. The molecule has 0 saturated heterocycles. The van der Waals surface area contributed by atoms with Gasteiger partial charge in [-0.05, 0) is 0 Å². The number of ether oxygens (including phenoxy) is 1. The normalized spacial score (nSPS) is 7.25. The fraction of sp³-hybridized carbons (Fsp3) is 0.750. The van der Waals surface area contributed by atoms with E-state index >= 15 is 0 Å². The van der Waals surface area contributed by atoms with E-state index in [1.54, 1.807) is 0 Å². The van der Waals surface area contributed by atoms with Crippen molar-refractivity contribution in [2.24, 2.45) is 5.73 Å². The molecule has 2 N–H and O–H groups in total. The Morgan fingerprint density at radius 3 is 2.38 bits per heavy atom. The van der Waals surface area contributed by atoms with Crippen LogP contribution in [-0.4, -0.2) is 48.7 Å². The first-order valence-electron chi connectivity index (χ1n) is 2.11. The largest absolute Gasteiger partial charge is 0.465 e. The maximum atomic E-state index is 9.92. The number of nitrogens with two attached hydrogens (primary N) is 1. The molecule has 0 saturated carbocycles. The van der Waals surface area contributed by atoms with Crippen LogP contribution >= 0.6 is 0 Å². The molecule has 0 bridgehead atoms. The molecule has 0 aromatic rings. The van der Waals surface area contributed by atoms with Crippen LogP contribution in [0.2, 0.25) is 0 Å².